The number of aromatic amines is 2. The Labute approximate surface area is 161 Å². The summed E-state index contributed by atoms with van der Waals surface area (Å²) in [7, 11) is 2.15. The van der Waals surface area contributed by atoms with Gasteiger partial charge in [0.25, 0.3) is 0 Å². The zero-order chi connectivity index (χ0) is 19.1. The summed E-state index contributed by atoms with van der Waals surface area (Å²) < 4.78 is 1.80. The number of H-pyrrole nitrogens is 2. The zero-order valence-electron chi connectivity index (χ0n) is 15.9. The third kappa shape index (κ3) is 3.10. The summed E-state index contributed by atoms with van der Waals surface area (Å²) in [6, 6.07) is 6.11. The number of fused-ring (bicyclic) bond motifs is 2. The topological polar surface area (TPSA) is 85.8 Å². The average molecular weight is 377 g/mol. The van der Waals surface area contributed by atoms with Crippen LogP contribution in [0.1, 0.15) is 0 Å². The summed E-state index contributed by atoms with van der Waals surface area (Å²) in [5.41, 5.74) is 4.17. The van der Waals surface area contributed by atoms with Crippen LogP contribution in [0.3, 0.4) is 0 Å². The van der Waals surface area contributed by atoms with E-state index in [2.05, 4.69) is 42.8 Å². The van der Waals surface area contributed by atoms with Crippen LogP contribution in [0.4, 0.5) is 0 Å². The largest absolute Gasteiger partial charge is 0.346 e. The van der Waals surface area contributed by atoms with Gasteiger partial charge in [0.2, 0.25) is 0 Å². The molecule has 144 valence electrons. The molecule has 1 aliphatic rings. The summed E-state index contributed by atoms with van der Waals surface area (Å²) in [5.74, 6) is 0. The van der Waals surface area contributed by atoms with Crippen molar-refractivity contribution in [3.63, 3.8) is 0 Å². The van der Waals surface area contributed by atoms with E-state index in [0.29, 0.717) is 12.2 Å². The molecule has 1 aliphatic heterocycles. The Balaban J connectivity index is 1.45. The number of hydrogen-bond donors (Lipinski definition) is 2. The van der Waals surface area contributed by atoms with Gasteiger partial charge in [-0.25, -0.2) is 14.8 Å². The molecule has 1 saturated heterocycles. The Morgan fingerprint density at radius 1 is 1.00 bits per heavy atom. The van der Waals surface area contributed by atoms with E-state index in [4.69, 9.17) is 0 Å². The second-order valence-corrected chi connectivity index (χ2v) is 7.46. The van der Waals surface area contributed by atoms with Crippen molar-refractivity contribution in [1.82, 2.24) is 34.3 Å². The van der Waals surface area contributed by atoms with E-state index in [1.807, 2.05) is 24.5 Å². The molecule has 28 heavy (non-hydrogen) atoms. The molecule has 5 heterocycles. The van der Waals surface area contributed by atoms with Gasteiger partial charge >= 0.3 is 5.69 Å². The fourth-order valence-electron chi connectivity index (χ4n) is 3.82. The molecule has 0 radical (unpaired) electrons. The number of pyridine rings is 2. The van der Waals surface area contributed by atoms with Crippen molar-refractivity contribution in [1.29, 1.82) is 0 Å². The molecule has 2 N–H and O–H groups in total. The van der Waals surface area contributed by atoms with Crippen LogP contribution < -0.4 is 5.69 Å². The number of likely N-dealkylation sites (N-methyl/N-ethyl adjacent to an activating group) is 1. The van der Waals surface area contributed by atoms with Crippen LogP contribution in [0, 0.1) is 0 Å². The first-order valence-corrected chi connectivity index (χ1v) is 9.60. The monoisotopic (exact) mass is 377 g/mol. The van der Waals surface area contributed by atoms with Crippen molar-refractivity contribution < 1.29 is 0 Å². The normalized spacial score (nSPS) is 16.3. The number of aromatic nitrogens is 5. The summed E-state index contributed by atoms with van der Waals surface area (Å²) in [6.45, 7) is 5.75. The van der Waals surface area contributed by atoms with Gasteiger partial charge in [0.1, 0.15) is 5.65 Å². The summed E-state index contributed by atoms with van der Waals surface area (Å²) in [4.78, 5) is 32.1. The molecule has 4 aromatic heterocycles. The molecule has 5 rings (SSSR count). The molecule has 0 unspecified atom stereocenters. The van der Waals surface area contributed by atoms with E-state index in [-0.39, 0.29) is 5.69 Å². The quantitative estimate of drug-likeness (QED) is 0.563. The van der Waals surface area contributed by atoms with E-state index in [9.17, 15) is 4.79 Å². The summed E-state index contributed by atoms with van der Waals surface area (Å²) >= 11 is 0. The first kappa shape index (κ1) is 17.2. The minimum Gasteiger partial charge on any atom is -0.346 e. The van der Waals surface area contributed by atoms with Crippen molar-refractivity contribution in [3.05, 3.63) is 47.3 Å². The van der Waals surface area contributed by atoms with Gasteiger partial charge in [0.05, 0.1) is 5.52 Å². The summed E-state index contributed by atoms with van der Waals surface area (Å²) in [5, 5.41) is 1.05. The van der Waals surface area contributed by atoms with Gasteiger partial charge in [0.15, 0.2) is 5.65 Å². The van der Waals surface area contributed by atoms with Gasteiger partial charge in [-0.3, -0.25) is 14.5 Å². The molecule has 0 saturated carbocycles. The van der Waals surface area contributed by atoms with Gasteiger partial charge in [0, 0.05) is 74.4 Å². The highest BCUT2D eigenvalue weighted by Gasteiger charge is 2.15. The predicted molar refractivity (Wildman–Crippen MR) is 109 cm³/mol. The number of nitrogens with zero attached hydrogens (tertiary/aromatic N) is 5. The molecule has 1 fully saturated rings. The van der Waals surface area contributed by atoms with Crippen molar-refractivity contribution in [2.45, 2.75) is 6.54 Å². The third-order valence-corrected chi connectivity index (χ3v) is 5.60. The number of imidazole rings is 1. The van der Waals surface area contributed by atoms with Crippen molar-refractivity contribution in [2.24, 2.45) is 0 Å². The predicted octanol–water partition coefficient (Wildman–Crippen LogP) is 1.52. The van der Waals surface area contributed by atoms with Crippen LogP contribution in [-0.2, 0) is 6.54 Å². The number of nitrogens with one attached hydrogen (secondary N) is 2. The van der Waals surface area contributed by atoms with Gasteiger partial charge in [-0.05, 0) is 25.2 Å². The third-order valence-electron chi connectivity index (χ3n) is 5.60. The molecule has 4 aromatic rings. The van der Waals surface area contributed by atoms with E-state index < -0.39 is 0 Å². The van der Waals surface area contributed by atoms with E-state index in [0.717, 1.165) is 60.4 Å². The molecule has 8 nitrogen and oxygen atoms in total. The Kier molecular flexibility index (Phi) is 4.22. The Hall–Kier alpha value is -2.97. The van der Waals surface area contributed by atoms with Crippen molar-refractivity contribution >= 4 is 22.2 Å². The SMILES string of the molecule is CN1CCN(CCn2c(=O)[nH]c3ncc(-c4cnc5[nH]ccc5c4)cc32)CC1. The Bertz CT molecular complexity index is 1180. The fraction of sp³-hybridized carbons (Fsp3) is 0.350. The van der Waals surface area contributed by atoms with Crippen molar-refractivity contribution in [3.8, 4) is 11.1 Å². The van der Waals surface area contributed by atoms with Crippen LogP contribution in [0.15, 0.2) is 41.6 Å². The Morgan fingerprint density at radius 3 is 2.57 bits per heavy atom. The highest BCUT2D eigenvalue weighted by atomic mass is 16.1. The smallest absolute Gasteiger partial charge is 0.327 e. The second kappa shape index (κ2) is 6.88. The zero-order valence-corrected chi connectivity index (χ0v) is 15.9. The minimum absolute atomic E-state index is 0.104. The molecule has 0 aliphatic carbocycles. The first-order chi connectivity index (χ1) is 13.7. The van der Waals surface area contributed by atoms with Gasteiger partial charge in [-0.1, -0.05) is 0 Å². The van der Waals surface area contributed by atoms with Gasteiger partial charge in [-0.2, -0.15) is 0 Å². The molecule has 0 spiro atoms. The lowest BCUT2D eigenvalue weighted by Gasteiger charge is -2.32. The van der Waals surface area contributed by atoms with E-state index in [1.54, 1.807) is 10.8 Å². The second-order valence-electron chi connectivity index (χ2n) is 7.46. The molecule has 0 amide bonds. The van der Waals surface area contributed by atoms with Crippen LogP contribution in [0.2, 0.25) is 0 Å². The van der Waals surface area contributed by atoms with Gasteiger partial charge < -0.3 is 9.88 Å². The van der Waals surface area contributed by atoms with Crippen LogP contribution in [-0.4, -0.2) is 74.1 Å². The molecular formula is C20H23N7O. The maximum atomic E-state index is 12.5. The van der Waals surface area contributed by atoms with E-state index in [1.165, 1.54) is 0 Å². The molecule has 0 aromatic carbocycles. The molecule has 0 atom stereocenters. The average Bonchev–Trinajstić information content (AvgIpc) is 3.30. The van der Waals surface area contributed by atoms with Crippen LogP contribution in [0.5, 0.6) is 0 Å². The number of rotatable bonds is 4. The minimum atomic E-state index is -0.104. The lowest BCUT2D eigenvalue weighted by atomic mass is 10.1. The highest BCUT2D eigenvalue weighted by Crippen LogP contribution is 2.24. The van der Waals surface area contributed by atoms with Gasteiger partial charge in [-0.15, -0.1) is 0 Å². The number of hydrogen-bond acceptors (Lipinski definition) is 5. The van der Waals surface area contributed by atoms with Crippen LogP contribution in [0.25, 0.3) is 33.3 Å². The summed E-state index contributed by atoms with van der Waals surface area (Å²) in [6.07, 6.45) is 5.50. The first-order valence-electron chi connectivity index (χ1n) is 9.60. The fourth-order valence-corrected chi connectivity index (χ4v) is 3.82. The Morgan fingerprint density at radius 2 is 1.75 bits per heavy atom. The standard InChI is InChI=1S/C20H23N7O/c1-25-4-6-26(7-5-25)8-9-27-17-11-16(13-23-19(17)24-20(27)28)15-10-14-2-3-21-18(14)22-12-15/h2-3,10-13H,4-9H2,1H3,(H,21,22)(H,23,24,28). The highest BCUT2D eigenvalue weighted by molar-refractivity contribution is 5.84. The maximum Gasteiger partial charge on any atom is 0.327 e. The van der Waals surface area contributed by atoms with Crippen molar-refractivity contribution in [2.75, 3.05) is 39.8 Å². The van der Waals surface area contributed by atoms with E-state index >= 15 is 0 Å². The molecule has 8 heteroatoms. The molecular weight excluding hydrogens is 354 g/mol. The molecule has 0 bridgehead atoms. The van der Waals surface area contributed by atoms with Crippen LogP contribution >= 0.6 is 0 Å². The maximum absolute atomic E-state index is 12.5. The lowest BCUT2D eigenvalue weighted by Crippen LogP contribution is -2.45. The lowest BCUT2D eigenvalue weighted by molar-refractivity contribution is 0.150. The number of piperazine rings is 1.